The first-order chi connectivity index (χ1) is 14.6. The number of benzene rings is 1. The van der Waals surface area contributed by atoms with Gasteiger partial charge in [0, 0.05) is 28.9 Å². The van der Waals surface area contributed by atoms with Crippen molar-refractivity contribution in [2.24, 2.45) is 5.92 Å². The number of hydrazine groups is 1. The number of fused-ring (bicyclic) bond motifs is 3. The number of nitrogens with one attached hydrogen (secondary N) is 4. The number of aromatic nitrogens is 1. The summed E-state index contributed by atoms with van der Waals surface area (Å²) in [6, 6.07) is 6.15. The van der Waals surface area contributed by atoms with Gasteiger partial charge in [0.15, 0.2) is 0 Å². The number of hydrogen-bond acceptors (Lipinski definition) is 4. The minimum absolute atomic E-state index is 0.0371. The number of alkyl carbamates (subject to hydrolysis) is 1. The number of hydrogen-bond donors (Lipinski definition) is 4. The number of carbonyl (C=O) groups is 3. The summed E-state index contributed by atoms with van der Waals surface area (Å²) < 4.78 is 5.44. The molecule has 2 aliphatic rings. The van der Waals surface area contributed by atoms with Crippen LogP contribution in [0.15, 0.2) is 18.2 Å². The van der Waals surface area contributed by atoms with Crippen LogP contribution in [-0.4, -0.2) is 34.0 Å². The Morgan fingerprint density at radius 1 is 1.16 bits per heavy atom. The van der Waals surface area contributed by atoms with E-state index in [1.807, 2.05) is 19.1 Å². The summed E-state index contributed by atoms with van der Waals surface area (Å²) in [6.07, 6.45) is 2.28. The second-order valence-electron chi connectivity index (χ2n) is 9.73. The molecule has 0 aliphatic heterocycles. The summed E-state index contributed by atoms with van der Waals surface area (Å²) >= 11 is 0. The molecule has 1 aromatic carbocycles. The molecule has 1 saturated carbocycles. The number of aryl methyl sites for hydroxylation is 2. The topological polar surface area (TPSA) is 112 Å². The molecule has 1 fully saturated rings. The van der Waals surface area contributed by atoms with Crippen LogP contribution in [-0.2, 0) is 27.2 Å². The predicted octanol–water partition coefficient (Wildman–Crippen LogP) is 2.79. The van der Waals surface area contributed by atoms with Crippen molar-refractivity contribution in [1.82, 2.24) is 21.2 Å². The summed E-state index contributed by atoms with van der Waals surface area (Å²) in [5.74, 6) is -0.677. The van der Waals surface area contributed by atoms with Crippen LogP contribution in [0.25, 0.3) is 10.9 Å². The Morgan fingerprint density at radius 3 is 2.58 bits per heavy atom. The van der Waals surface area contributed by atoms with Gasteiger partial charge < -0.3 is 15.0 Å². The lowest BCUT2D eigenvalue weighted by atomic mass is 9.79. The third-order valence-electron chi connectivity index (χ3n) is 5.85. The van der Waals surface area contributed by atoms with E-state index in [0.717, 1.165) is 40.6 Å². The molecule has 31 heavy (non-hydrogen) atoms. The normalized spacial score (nSPS) is 20.6. The maximum Gasteiger partial charge on any atom is 0.408 e. The fourth-order valence-electron chi connectivity index (χ4n) is 4.11. The Kier molecular flexibility index (Phi) is 5.19. The van der Waals surface area contributed by atoms with Crippen molar-refractivity contribution in [1.29, 1.82) is 0 Å². The van der Waals surface area contributed by atoms with Crippen molar-refractivity contribution in [2.45, 2.75) is 70.9 Å². The minimum atomic E-state index is -1.23. The number of rotatable bonds is 3. The highest BCUT2D eigenvalue weighted by Crippen LogP contribution is 2.35. The van der Waals surface area contributed by atoms with E-state index in [1.54, 1.807) is 20.8 Å². The fourth-order valence-corrected chi connectivity index (χ4v) is 4.11. The maximum absolute atomic E-state index is 13.3. The molecule has 0 bridgehead atoms. The van der Waals surface area contributed by atoms with Gasteiger partial charge in [-0.1, -0.05) is 12.1 Å². The SMILES string of the molecule is Cc1ccc2c3c([nH]c2c1)CC[C@](NC(=O)OC(C)(C)C)(C(=O)NNC(=O)C1CC1)C3. The highest BCUT2D eigenvalue weighted by molar-refractivity contribution is 5.94. The van der Waals surface area contributed by atoms with Crippen molar-refractivity contribution in [3.8, 4) is 0 Å². The van der Waals surface area contributed by atoms with Crippen LogP contribution >= 0.6 is 0 Å². The molecule has 0 radical (unpaired) electrons. The van der Waals surface area contributed by atoms with Gasteiger partial charge in [-0.2, -0.15) is 0 Å². The molecule has 2 aromatic rings. The summed E-state index contributed by atoms with van der Waals surface area (Å²) in [6.45, 7) is 7.35. The van der Waals surface area contributed by atoms with Crippen LogP contribution < -0.4 is 16.2 Å². The average Bonchev–Trinajstić information content (AvgIpc) is 3.46. The number of ether oxygens (including phenoxy) is 1. The van der Waals surface area contributed by atoms with E-state index >= 15 is 0 Å². The highest BCUT2D eigenvalue weighted by Gasteiger charge is 2.45. The summed E-state index contributed by atoms with van der Waals surface area (Å²) in [5, 5.41) is 3.86. The van der Waals surface area contributed by atoms with Crippen molar-refractivity contribution >= 4 is 28.8 Å². The zero-order valence-corrected chi connectivity index (χ0v) is 18.5. The Labute approximate surface area is 181 Å². The molecular formula is C23H30N4O4. The lowest BCUT2D eigenvalue weighted by molar-refractivity contribution is -0.133. The van der Waals surface area contributed by atoms with Crippen molar-refractivity contribution < 1.29 is 19.1 Å². The van der Waals surface area contributed by atoms with E-state index in [2.05, 4.69) is 27.2 Å². The van der Waals surface area contributed by atoms with Crippen molar-refractivity contribution in [3.63, 3.8) is 0 Å². The fraction of sp³-hybridized carbons (Fsp3) is 0.522. The van der Waals surface area contributed by atoms with E-state index in [0.29, 0.717) is 19.3 Å². The van der Waals surface area contributed by atoms with E-state index in [4.69, 9.17) is 4.74 Å². The summed E-state index contributed by atoms with van der Waals surface area (Å²) in [5.41, 5.74) is 7.36. The lowest BCUT2D eigenvalue weighted by Crippen LogP contribution is -2.64. The van der Waals surface area contributed by atoms with E-state index in [-0.39, 0.29) is 11.8 Å². The summed E-state index contributed by atoms with van der Waals surface area (Å²) in [7, 11) is 0. The summed E-state index contributed by atoms with van der Waals surface area (Å²) in [4.78, 5) is 41.4. The molecule has 2 aliphatic carbocycles. The Balaban J connectivity index is 1.62. The predicted molar refractivity (Wildman–Crippen MR) is 116 cm³/mol. The largest absolute Gasteiger partial charge is 0.444 e. The quantitative estimate of drug-likeness (QED) is 0.565. The minimum Gasteiger partial charge on any atom is -0.444 e. The van der Waals surface area contributed by atoms with Crippen molar-refractivity contribution in [3.05, 3.63) is 35.0 Å². The maximum atomic E-state index is 13.3. The highest BCUT2D eigenvalue weighted by atomic mass is 16.6. The van der Waals surface area contributed by atoms with Gasteiger partial charge in [-0.25, -0.2) is 4.79 Å². The second-order valence-corrected chi connectivity index (χ2v) is 9.73. The van der Waals surface area contributed by atoms with Gasteiger partial charge in [0.1, 0.15) is 11.1 Å². The molecule has 3 amide bonds. The molecule has 0 spiro atoms. The van der Waals surface area contributed by atoms with Gasteiger partial charge in [0.25, 0.3) is 5.91 Å². The molecule has 4 rings (SSSR count). The van der Waals surface area contributed by atoms with Crippen LogP contribution in [0.4, 0.5) is 4.79 Å². The van der Waals surface area contributed by atoms with E-state index in [1.165, 1.54) is 0 Å². The first-order valence-electron chi connectivity index (χ1n) is 10.8. The average molecular weight is 427 g/mol. The number of aromatic amines is 1. The van der Waals surface area contributed by atoms with Gasteiger partial charge in [0.2, 0.25) is 5.91 Å². The molecule has 0 unspecified atom stereocenters. The molecule has 1 atom stereocenters. The Morgan fingerprint density at radius 2 is 1.90 bits per heavy atom. The van der Waals surface area contributed by atoms with Gasteiger partial charge in [-0.15, -0.1) is 0 Å². The molecule has 166 valence electrons. The number of amides is 3. The van der Waals surface area contributed by atoms with Crippen LogP contribution in [0.1, 0.15) is 56.9 Å². The molecule has 8 nitrogen and oxygen atoms in total. The van der Waals surface area contributed by atoms with Gasteiger partial charge in [-0.3, -0.25) is 20.4 Å². The Hall–Kier alpha value is -3.03. The molecule has 0 saturated heterocycles. The van der Waals surface area contributed by atoms with Gasteiger partial charge in [0.05, 0.1) is 0 Å². The van der Waals surface area contributed by atoms with Crippen LogP contribution in [0, 0.1) is 12.8 Å². The zero-order chi connectivity index (χ0) is 22.4. The van der Waals surface area contributed by atoms with Crippen molar-refractivity contribution in [2.75, 3.05) is 0 Å². The first-order valence-corrected chi connectivity index (χ1v) is 10.8. The second kappa shape index (κ2) is 7.59. The number of carbonyl (C=O) groups excluding carboxylic acids is 3. The van der Waals surface area contributed by atoms with Crippen LogP contribution in [0.5, 0.6) is 0 Å². The molecule has 1 aromatic heterocycles. The molecule has 4 N–H and O–H groups in total. The number of H-pyrrole nitrogens is 1. The third-order valence-corrected chi connectivity index (χ3v) is 5.85. The standard InChI is InChI=1S/C23H30N4O4/c1-13-5-8-15-16-12-23(25-21(30)31-22(2,3)4,10-9-17(16)24-18(15)11-13)20(29)27-26-19(28)14-6-7-14/h5,8,11,14,24H,6-7,9-10,12H2,1-4H3,(H,25,30)(H,26,28)(H,27,29)/t23-/m1/s1. The van der Waals surface area contributed by atoms with Gasteiger partial charge in [-0.05, 0) is 70.6 Å². The third kappa shape index (κ3) is 4.52. The molecule has 1 heterocycles. The van der Waals surface area contributed by atoms with Gasteiger partial charge >= 0.3 is 6.09 Å². The zero-order valence-electron chi connectivity index (χ0n) is 18.5. The lowest BCUT2D eigenvalue weighted by Gasteiger charge is -2.37. The van der Waals surface area contributed by atoms with E-state index < -0.39 is 23.1 Å². The molecular weight excluding hydrogens is 396 g/mol. The first kappa shape index (κ1) is 21.2. The molecule has 8 heteroatoms. The van der Waals surface area contributed by atoms with Crippen LogP contribution in [0.2, 0.25) is 0 Å². The van der Waals surface area contributed by atoms with E-state index in [9.17, 15) is 14.4 Å². The smallest absolute Gasteiger partial charge is 0.408 e. The monoisotopic (exact) mass is 426 g/mol. The Bertz CT molecular complexity index is 1050. The van der Waals surface area contributed by atoms with Crippen LogP contribution in [0.3, 0.4) is 0 Å².